The first-order valence-electron chi connectivity index (χ1n) is 8.55. The largest absolute Gasteiger partial charge is 0.370 e. The van der Waals surface area contributed by atoms with E-state index < -0.39 is 10.0 Å². The molecule has 1 aliphatic carbocycles. The molecule has 8 nitrogen and oxygen atoms in total. The summed E-state index contributed by atoms with van der Waals surface area (Å²) in [4.78, 5) is 2.29. The lowest BCUT2D eigenvalue weighted by Crippen LogP contribution is -2.57. The molecule has 2 fully saturated rings. The van der Waals surface area contributed by atoms with Gasteiger partial charge >= 0.3 is 0 Å². The van der Waals surface area contributed by atoms with Crippen LogP contribution in [0.1, 0.15) is 37.7 Å². The topological polar surface area (TPSA) is 118 Å². The van der Waals surface area contributed by atoms with Crippen molar-refractivity contribution in [2.75, 3.05) is 18.0 Å². The van der Waals surface area contributed by atoms with Crippen LogP contribution in [0.25, 0.3) is 11.4 Å². The second-order valence-electron chi connectivity index (χ2n) is 7.30. The quantitative estimate of drug-likeness (QED) is 0.856. The summed E-state index contributed by atoms with van der Waals surface area (Å²) in [5.41, 5.74) is 2.22. The van der Waals surface area contributed by atoms with E-state index in [2.05, 4.69) is 25.5 Å². The second kappa shape index (κ2) is 5.77. The Balaban J connectivity index is 1.79. The normalized spacial score (nSPS) is 19.8. The Morgan fingerprint density at radius 1 is 1.20 bits per heavy atom. The molecule has 4 rings (SSSR count). The first-order valence-corrected chi connectivity index (χ1v) is 10.1. The van der Waals surface area contributed by atoms with Gasteiger partial charge in [0, 0.05) is 24.2 Å². The van der Waals surface area contributed by atoms with Gasteiger partial charge in [-0.2, -0.15) is 5.21 Å². The predicted octanol–water partition coefficient (Wildman–Crippen LogP) is 1.59. The number of rotatable bonds is 3. The van der Waals surface area contributed by atoms with Gasteiger partial charge in [0.05, 0.1) is 10.5 Å². The van der Waals surface area contributed by atoms with E-state index in [1.165, 1.54) is 32.1 Å². The highest BCUT2D eigenvalue weighted by molar-refractivity contribution is 7.89. The number of H-pyrrole nitrogens is 1. The number of primary sulfonamides is 1. The van der Waals surface area contributed by atoms with Gasteiger partial charge in [-0.05, 0) is 36.6 Å². The van der Waals surface area contributed by atoms with Crippen molar-refractivity contribution in [3.05, 3.63) is 17.7 Å². The zero-order chi connectivity index (χ0) is 17.7. The molecule has 2 aromatic rings. The minimum absolute atomic E-state index is 0.0796. The molecule has 9 heteroatoms. The van der Waals surface area contributed by atoms with Gasteiger partial charge in [-0.3, -0.25) is 0 Å². The summed E-state index contributed by atoms with van der Waals surface area (Å²) >= 11 is 0. The van der Waals surface area contributed by atoms with Gasteiger partial charge < -0.3 is 4.90 Å². The van der Waals surface area contributed by atoms with Gasteiger partial charge in [0.15, 0.2) is 0 Å². The van der Waals surface area contributed by atoms with E-state index in [-0.39, 0.29) is 10.7 Å². The van der Waals surface area contributed by atoms with Crippen LogP contribution >= 0.6 is 0 Å². The Morgan fingerprint density at radius 3 is 2.52 bits per heavy atom. The summed E-state index contributed by atoms with van der Waals surface area (Å²) in [5, 5.41) is 19.5. The Morgan fingerprint density at radius 2 is 1.92 bits per heavy atom. The molecule has 1 aliphatic heterocycles. The molecule has 134 valence electrons. The number of nitrogens with two attached hydrogens (primary N) is 1. The molecule has 1 spiro atoms. The molecule has 1 saturated carbocycles. The Labute approximate surface area is 146 Å². The Bertz CT molecular complexity index is 880. The molecule has 3 N–H and O–H groups in total. The first-order chi connectivity index (χ1) is 11.9. The van der Waals surface area contributed by atoms with Crippen molar-refractivity contribution < 1.29 is 8.42 Å². The molecule has 0 bridgehead atoms. The number of hydrogen-bond acceptors (Lipinski definition) is 6. The highest BCUT2D eigenvalue weighted by atomic mass is 32.2. The molecule has 0 amide bonds. The third-order valence-corrected chi connectivity index (χ3v) is 6.59. The van der Waals surface area contributed by atoms with Gasteiger partial charge in [-0.25, -0.2) is 13.6 Å². The molecule has 1 aromatic carbocycles. The Hall–Kier alpha value is -2.00. The van der Waals surface area contributed by atoms with Crippen LogP contribution in [-0.4, -0.2) is 42.1 Å². The molecule has 0 radical (unpaired) electrons. The number of nitrogens with zero attached hydrogens (tertiary/aromatic N) is 4. The first kappa shape index (κ1) is 16.5. The number of sulfonamides is 1. The van der Waals surface area contributed by atoms with Crippen LogP contribution < -0.4 is 10.0 Å². The fourth-order valence-electron chi connectivity index (χ4n) is 4.34. The molecule has 2 aliphatic rings. The van der Waals surface area contributed by atoms with Crippen molar-refractivity contribution in [1.29, 1.82) is 0 Å². The lowest BCUT2D eigenvalue weighted by atomic mass is 9.68. The fourth-order valence-corrected chi connectivity index (χ4v) is 5.34. The number of anilines is 1. The van der Waals surface area contributed by atoms with Crippen LogP contribution in [0.5, 0.6) is 0 Å². The van der Waals surface area contributed by atoms with E-state index in [0.29, 0.717) is 16.5 Å². The molecule has 0 unspecified atom stereocenters. The minimum Gasteiger partial charge on any atom is -0.370 e. The third-order valence-electron chi connectivity index (χ3n) is 5.49. The highest BCUT2D eigenvalue weighted by Gasteiger charge is 2.44. The van der Waals surface area contributed by atoms with Crippen LogP contribution in [0.2, 0.25) is 0 Å². The zero-order valence-corrected chi connectivity index (χ0v) is 15.0. The van der Waals surface area contributed by atoms with Crippen molar-refractivity contribution in [1.82, 2.24) is 20.6 Å². The van der Waals surface area contributed by atoms with E-state index in [1.54, 1.807) is 13.0 Å². The van der Waals surface area contributed by atoms with Crippen molar-refractivity contribution in [2.24, 2.45) is 10.6 Å². The van der Waals surface area contributed by atoms with Crippen molar-refractivity contribution in [3.8, 4) is 11.4 Å². The highest BCUT2D eigenvalue weighted by Crippen LogP contribution is 2.48. The molecule has 1 aromatic heterocycles. The molecular formula is C16H22N6O2S. The maximum atomic E-state index is 12.2. The standard InChI is InChI=1S/C16H22N6O2S/c1-11-5-6-12(22-9-16(10-22)7-3-2-4-8-16)13(14(11)25(17,23)24)15-18-20-21-19-15/h5-6H,2-4,7-10H2,1H3,(H2,17,23,24)(H,18,19,20,21). The van der Waals surface area contributed by atoms with Crippen molar-refractivity contribution in [3.63, 3.8) is 0 Å². The monoisotopic (exact) mass is 362 g/mol. The van der Waals surface area contributed by atoms with Gasteiger partial charge in [-0.15, -0.1) is 10.2 Å². The maximum absolute atomic E-state index is 12.2. The SMILES string of the molecule is Cc1ccc(N2CC3(CCCCC3)C2)c(-c2nn[nH]n2)c1S(N)(=O)=O. The number of benzene rings is 1. The number of aromatic nitrogens is 4. The van der Waals surface area contributed by atoms with Gasteiger partial charge in [0.25, 0.3) is 0 Å². The summed E-state index contributed by atoms with van der Waals surface area (Å²) in [7, 11) is -3.91. The van der Waals surface area contributed by atoms with Crippen LogP contribution in [0.15, 0.2) is 17.0 Å². The number of hydrogen-bond donors (Lipinski definition) is 2. The zero-order valence-electron chi connectivity index (χ0n) is 14.2. The average Bonchev–Trinajstić information content (AvgIpc) is 3.06. The Kier molecular flexibility index (Phi) is 3.80. The van der Waals surface area contributed by atoms with E-state index in [4.69, 9.17) is 5.14 Å². The van der Waals surface area contributed by atoms with Crippen LogP contribution in [0, 0.1) is 12.3 Å². The lowest BCUT2D eigenvalue weighted by Gasteiger charge is -2.54. The van der Waals surface area contributed by atoms with Crippen LogP contribution in [-0.2, 0) is 10.0 Å². The van der Waals surface area contributed by atoms with E-state index in [1.807, 2.05) is 6.07 Å². The average molecular weight is 362 g/mol. The van der Waals surface area contributed by atoms with E-state index >= 15 is 0 Å². The van der Waals surface area contributed by atoms with Gasteiger partial charge in [-0.1, -0.05) is 25.3 Å². The molecular weight excluding hydrogens is 340 g/mol. The number of aromatic amines is 1. The fraction of sp³-hybridized carbons (Fsp3) is 0.562. The van der Waals surface area contributed by atoms with Crippen LogP contribution in [0.3, 0.4) is 0 Å². The lowest BCUT2D eigenvalue weighted by molar-refractivity contribution is 0.139. The van der Waals surface area contributed by atoms with Gasteiger partial charge in [0.2, 0.25) is 15.8 Å². The maximum Gasteiger partial charge on any atom is 0.239 e. The summed E-state index contributed by atoms with van der Waals surface area (Å²) in [5.74, 6) is 0.257. The van der Waals surface area contributed by atoms with Gasteiger partial charge in [0.1, 0.15) is 0 Å². The molecule has 1 saturated heterocycles. The number of tetrazole rings is 1. The summed E-state index contributed by atoms with van der Waals surface area (Å²) in [6.07, 6.45) is 6.36. The van der Waals surface area contributed by atoms with Crippen LogP contribution in [0.4, 0.5) is 5.69 Å². The predicted molar refractivity (Wildman–Crippen MR) is 93.5 cm³/mol. The minimum atomic E-state index is -3.91. The summed E-state index contributed by atoms with van der Waals surface area (Å²) in [6, 6.07) is 3.73. The number of aryl methyl sites for hydroxylation is 1. The van der Waals surface area contributed by atoms with Crippen molar-refractivity contribution in [2.45, 2.75) is 43.9 Å². The third kappa shape index (κ3) is 2.81. The van der Waals surface area contributed by atoms with Crippen molar-refractivity contribution >= 4 is 15.7 Å². The second-order valence-corrected chi connectivity index (χ2v) is 8.80. The van der Waals surface area contributed by atoms with E-state index in [9.17, 15) is 8.42 Å². The van der Waals surface area contributed by atoms with E-state index in [0.717, 1.165) is 18.8 Å². The molecule has 25 heavy (non-hydrogen) atoms. The summed E-state index contributed by atoms with van der Waals surface area (Å²) < 4.78 is 24.4. The number of nitrogens with one attached hydrogen (secondary N) is 1. The smallest absolute Gasteiger partial charge is 0.239 e. The molecule has 0 atom stereocenters. The molecule has 2 heterocycles. The summed E-state index contributed by atoms with van der Waals surface area (Å²) in [6.45, 7) is 3.60.